The Bertz CT molecular complexity index is 1040. The standard InChI is InChI=1S/C21H21ClN2O3S2/c22-16-10-4-5-11-17(16)24-18-13-29(26,27)14-19(18)28-21(24)23-20(25)12-6-9-15-7-2-1-3-8-15/h1-5,7-8,10-11,18-19H,6,9,12-14H2/t18-,19+/m1/s1. The predicted molar refractivity (Wildman–Crippen MR) is 120 cm³/mol. The fourth-order valence-electron chi connectivity index (χ4n) is 3.74. The number of nitrogens with zero attached hydrogens (tertiary/aromatic N) is 2. The van der Waals surface area contributed by atoms with E-state index in [1.54, 1.807) is 6.07 Å². The molecule has 2 atom stereocenters. The number of halogens is 1. The average Bonchev–Trinajstić information content (AvgIpc) is 3.14. The number of amidine groups is 1. The predicted octanol–water partition coefficient (Wildman–Crippen LogP) is 3.96. The summed E-state index contributed by atoms with van der Waals surface area (Å²) >= 11 is 7.75. The fourth-order valence-corrected chi connectivity index (χ4v) is 7.90. The van der Waals surface area contributed by atoms with Gasteiger partial charge in [0, 0.05) is 11.7 Å². The van der Waals surface area contributed by atoms with Gasteiger partial charge in [0.05, 0.1) is 28.3 Å². The number of fused-ring (bicyclic) bond motifs is 1. The summed E-state index contributed by atoms with van der Waals surface area (Å²) in [4.78, 5) is 18.7. The van der Waals surface area contributed by atoms with Crippen molar-refractivity contribution in [1.29, 1.82) is 0 Å². The maximum Gasteiger partial charge on any atom is 0.248 e. The van der Waals surface area contributed by atoms with E-state index < -0.39 is 9.84 Å². The molecule has 0 aromatic heterocycles. The van der Waals surface area contributed by atoms with E-state index in [4.69, 9.17) is 11.6 Å². The van der Waals surface area contributed by atoms with E-state index in [0.29, 0.717) is 22.3 Å². The van der Waals surface area contributed by atoms with Gasteiger partial charge in [-0.25, -0.2) is 8.42 Å². The van der Waals surface area contributed by atoms with Gasteiger partial charge in [0.25, 0.3) is 0 Å². The molecule has 8 heteroatoms. The third-order valence-electron chi connectivity index (χ3n) is 5.10. The number of thioether (sulfide) groups is 1. The summed E-state index contributed by atoms with van der Waals surface area (Å²) in [7, 11) is -3.10. The van der Waals surface area contributed by atoms with Gasteiger partial charge in [0.15, 0.2) is 15.0 Å². The van der Waals surface area contributed by atoms with E-state index in [1.807, 2.05) is 53.4 Å². The van der Waals surface area contributed by atoms with Gasteiger partial charge in [-0.05, 0) is 30.5 Å². The normalized spacial score (nSPS) is 24.0. The molecule has 29 heavy (non-hydrogen) atoms. The molecule has 0 radical (unpaired) electrons. The van der Waals surface area contributed by atoms with Crippen molar-refractivity contribution in [2.75, 3.05) is 16.4 Å². The molecule has 2 aliphatic heterocycles. The monoisotopic (exact) mass is 448 g/mol. The largest absolute Gasteiger partial charge is 0.314 e. The number of amides is 1. The van der Waals surface area contributed by atoms with Gasteiger partial charge in [-0.2, -0.15) is 4.99 Å². The van der Waals surface area contributed by atoms with Gasteiger partial charge in [0.1, 0.15) is 0 Å². The van der Waals surface area contributed by atoms with Crippen LogP contribution in [0.1, 0.15) is 18.4 Å². The molecular weight excluding hydrogens is 428 g/mol. The number of hydrogen-bond acceptors (Lipinski definition) is 4. The van der Waals surface area contributed by atoms with Crippen molar-refractivity contribution in [3.63, 3.8) is 0 Å². The Morgan fingerprint density at radius 3 is 2.59 bits per heavy atom. The average molecular weight is 449 g/mol. The summed E-state index contributed by atoms with van der Waals surface area (Å²) in [6, 6.07) is 17.1. The Morgan fingerprint density at radius 2 is 1.83 bits per heavy atom. The van der Waals surface area contributed by atoms with Crippen LogP contribution in [-0.2, 0) is 21.1 Å². The number of sulfone groups is 1. The number of carbonyl (C=O) groups is 1. The van der Waals surface area contributed by atoms with Gasteiger partial charge in [-0.15, -0.1) is 0 Å². The maximum atomic E-state index is 12.5. The maximum absolute atomic E-state index is 12.5. The highest BCUT2D eigenvalue weighted by molar-refractivity contribution is 8.16. The highest BCUT2D eigenvalue weighted by Crippen LogP contribution is 2.43. The Kier molecular flexibility index (Phi) is 5.99. The van der Waals surface area contributed by atoms with Crippen LogP contribution in [0.3, 0.4) is 0 Å². The minimum Gasteiger partial charge on any atom is -0.314 e. The minimum atomic E-state index is -3.10. The zero-order valence-corrected chi connectivity index (χ0v) is 18.1. The molecule has 1 amide bonds. The van der Waals surface area contributed by atoms with Crippen LogP contribution in [0.2, 0.25) is 5.02 Å². The number of para-hydroxylation sites is 1. The Balaban J connectivity index is 1.52. The van der Waals surface area contributed by atoms with Gasteiger partial charge >= 0.3 is 0 Å². The van der Waals surface area contributed by atoms with Crippen molar-refractivity contribution in [3.8, 4) is 0 Å². The van der Waals surface area contributed by atoms with Crippen molar-refractivity contribution in [1.82, 2.24) is 0 Å². The zero-order chi connectivity index (χ0) is 20.4. The van der Waals surface area contributed by atoms with Crippen LogP contribution in [0.4, 0.5) is 5.69 Å². The Morgan fingerprint density at radius 1 is 1.10 bits per heavy atom. The van der Waals surface area contributed by atoms with Crippen LogP contribution in [0.5, 0.6) is 0 Å². The lowest BCUT2D eigenvalue weighted by Crippen LogP contribution is -2.37. The molecule has 0 bridgehead atoms. The molecule has 152 valence electrons. The molecule has 0 spiro atoms. The Hall–Kier alpha value is -1.83. The fraction of sp³-hybridized carbons (Fsp3) is 0.333. The molecular formula is C21H21ClN2O3S2. The van der Waals surface area contributed by atoms with Crippen LogP contribution in [-0.4, -0.2) is 42.3 Å². The number of hydrogen-bond donors (Lipinski definition) is 0. The molecule has 2 fully saturated rings. The summed E-state index contributed by atoms with van der Waals surface area (Å²) in [5.41, 5.74) is 1.89. The molecule has 4 rings (SSSR count). The topological polar surface area (TPSA) is 66.8 Å². The van der Waals surface area contributed by atoms with E-state index >= 15 is 0 Å². The van der Waals surface area contributed by atoms with Crippen LogP contribution in [0.15, 0.2) is 59.6 Å². The van der Waals surface area contributed by atoms with Crippen LogP contribution in [0.25, 0.3) is 0 Å². The SMILES string of the molecule is O=C(CCCc1ccccc1)N=C1S[C@H]2CS(=O)(=O)C[C@H]2N1c1ccccc1Cl. The summed E-state index contributed by atoms with van der Waals surface area (Å²) in [6.07, 6.45) is 1.89. The molecule has 2 aromatic rings. The summed E-state index contributed by atoms with van der Waals surface area (Å²) in [5, 5.41) is 0.933. The first-order chi connectivity index (χ1) is 13.9. The molecule has 2 heterocycles. The minimum absolute atomic E-state index is 0.0527. The quantitative estimate of drug-likeness (QED) is 0.692. The second-order valence-electron chi connectivity index (χ2n) is 7.25. The zero-order valence-electron chi connectivity index (χ0n) is 15.7. The van der Waals surface area contributed by atoms with E-state index in [9.17, 15) is 13.2 Å². The van der Waals surface area contributed by atoms with Gasteiger partial charge < -0.3 is 4.90 Å². The number of rotatable bonds is 5. The lowest BCUT2D eigenvalue weighted by molar-refractivity contribution is -0.117. The second kappa shape index (κ2) is 8.50. The second-order valence-corrected chi connectivity index (χ2v) is 11.0. The summed E-state index contributed by atoms with van der Waals surface area (Å²) < 4.78 is 24.3. The van der Waals surface area contributed by atoms with E-state index in [1.165, 1.54) is 17.3 Å². The number of aliphatic imine (C=N–C) groups is 1. The molecule has 0 N–H and O–H groups in total. The third-order valence-corrected chi connectivity index (χ3v) is 8.63. The van der Waals surface area contributed by atoms with Crippen molar-refractivity contribution in [2.45, 2.75) is 30.6 Å². The number of benzene rings is 2. The van der Waals surface area contributed by atoms with E-state index in [0.717, 1.165) is 12.8 Å². The van der Waals surface area contributed by atoms with Crippen LogP contribution < -0.4 is 4.90 Å². The molecule has 2 aliphatic rings. The highest BCUT2D eigenvalue weighted by Gasteiger charge is 2.49. The first-order valence-electron chi connectivity index (χ1n) is 9.49. The first-order valence-corrected chi connectivity index (χ1v) is 12.6. The Labute approximate surface area is 180 Å². The number of aryl methyl sites for hydroxylation is 1. The van der Waals surface area contributed by atoms with E-state index in [-0.39, 0.29) is 28.7 Å². The van der Waals surface area contributed by atoms with Crippen LogP contribution >= 0.6 is 23.4 Å². The van der Waals surface area contributed by atoms with E-state index in [2.05, 4.69) is 4.99 Å². The summed E-state index contributed by atoms with van der Waals surface area (Å²) in [6.45, 7) is 0. The molecule has 0 aliphatic carbocycles. The van der Waals surface area contributed by atoms with Gasteiger partial charge in [-0.3, -0.25) is 4.79 Å². The smallest absolute Gasteiger partial charge is 0.248 e. The van der Waals surface area contributed by atoms with Crippen LogP contribution in [0, 0.1) is 0 Å². The molecule has 0 saturated carbocycles. The third kappa shape index (κ3) is 4.68. The first kappa shape index (κ1) is 20.4. The summed E-state index contributed by atoms with van der Waals surface area (Å²) in [5.74, 6) is -0.0370. The molecule has 2 saturated heterocycles. The lowest BCUT2D eigenvalue weighted by Gasteiger charge is -2.25. The molecule has 5 nitrogen and oxygen atoms in total. The van der Waals surface area contributed by atoms with Crippen molar-refractivity contribution < 1.29 is 13.2 Å². The number of carbonyl (C=O) groups excluding carboxylic acids is 1. The van der Waals surface area contributed by atoms with Gasteiger partial charge in [-0.1, -0.05) is 65.8 Å². The van der Waals surface area contributed by atoms with Crippen molar-refractivity contribution >= 4 is 50.0 Å². The molecule has 0 unspecified atom stereocenters. The van der Waals surface area contributed by atoms with Crippen molar-refractivity contribution in [3.05, 3.63) is 65.2 Å². The molecule has 2 aromatic carbocycles. The number of anilines is 1. The van der Waals surface area contributed by atoms with Gasteiger partial charge in [0.2, 0.25) is 5.91 Å². The van der Waals surface area contributed by atoms with Crippen molar-refractivity contribution in [2.24, 2.45) is 4.99 Å². The highest BCUT2D eigenvalue weighted by atomic mass is 35.5. The lowest BCUT2D eigenvalue weighted by atomic mass is 10.1.